The number of nitro benzene ring substituents is 1. The Morgan fingerprint density at radius 2 is 1.96 bits per heavy atom. The van der Waals surface area contributed by atoms with E-state index in [4.69, 9.17) is 11.1 Å². The molecule has 0 aromatic heterocycles. The Bertz CT molecular complexity index is 726. The molecule has 2 aromatic carbocycles. The van der Waals surface area contributed by atoms with E-state index in [9.17, 15) is 14.9 Å². The van der Waals surface area contributed by atoms with Gasteiger partial charge in [0.2, 0.25) is 0 Å². The van der Waals surface area contributed by atoms with Crippen molar-refractivity contribution < 1.29 is 9.72 Å². The molecule has 0 saturated heterocycles. The third kappa shape index (κ3) is 6.25. The van der Waals surface area contributed by atoms with E-state index in [0.29, 0.717) is 11.3 Å². The van der Waals surface area contributed by atoms with E-state index in [0.717, 1.165) is 4.47 Å². The number of carbonyl (C=O) groups excluding carboxylic acids is 1. The fourth-order valence-corrected chi connectivity index (χ4v) is 1.78. The number of anilines is 1. The standard InChI is InChI=1S/C9H6BrNO.C6H7N3O2/c10-8-3-1-7(2-4-8)9(12)5-6-11;7-8-5-2-1-3-6(4-5)9(10)11/h1-4H,5H2;1-4,8H,7H2. The van der Waals surface area contributed by atoms with E-state index in [2.05, 4.69) is 21.4 Å². The van der Waals surface area contributed by atoms with Gasteiger partial charge in [-0.3, -0.25) is 20.8 Å². The third-order valence-electron chi connectivity index (χ3n) is 2.63. The lowest BCUT2D eigenvalue weighted by molar-refractivity contribution is -0.384. The number of nitrogens with one attached hydrogen (secondary N) is 1. The van der Waals surface area contributed by atoms with Gasteiger partial charge in [0.05, 0.1) is 23.1 Å². The van der Waals surface area contributed by atoms with Gasteiger partial charge in [0, 0.05) is 22.2 Å². The number of nitro groups is 1. The van der Waals surface area contributed by atoms with Crippen molar-refractivity contribution in [2.24, 2.45) is 5.84 Å². The minimum atomic E-state index is -0.471. The van der Waals surface area contributed by atoms with E-state index in [1.807, 2.05) is 6.07 Å². The van der Waals surface area contributed by atoms with Crippen LogP contribution in [0.25, 0.3) is 0 Å². The Morgan fingerprint density at radius 3 is 2.48 bits per heavy atom. The van der Waals surface area contributed by atoms with Gasteiger partial charge < -0.3 is 5.43 Å². The molecule has 0 bridgehead atoms. The number of hydrogen-bond acceptors (Lipinski definition) is 6. The molecule has 0 fully saturated rings. The van der Waals surface area contributed by atoms with Gasteiger partial charge in [0.1, 0.15) is 0 Å². The lowest BCUT2D eigenvalue weighted by Gasteiger charge is -1.96. The molecular formula is C15H13BrN4O3. The summed E-state index contributed by atoms with van der Waals surface area (Å²) in [7, 11) is 0. The van der Waals surface area contributed by atoms with Gasteiger partial charge in [0.15, 0.2) is 5.78 Å². The second-order valence-electron chi connectivity index (χ2n) is 4.22. The van der Waals surface area contributed by atoms with Crippen molar-refractivity contribution in [3.8, 4) is 6.07 Å². The zero-order chi connectivity index (χ0) is 17.2. The lowest BCUT2D eigenvalue weighted by atomic mass is 10.1. The molecule has 0 aliphatic heterocycles. The summed E-state index contributed by atoms with van der Waals surface area (Å²) in [6.45, 7) is 0. The number of nitrogens with zero attached hydrogens (tertiary/aromatic N) is 2. The number of nitrogens with two attached hydrogens (primary N) is 1. The molecule has 3 N–H and O–H groups in total. The fraction of sp³-hybridized carbons (Fsp3) is 0.0667. The van der Waals surface area contributed by atoms with Crippen LogP contribution in [0.5, 0.6) is 0 Å². The van der Waals surface area contributed by atoms with Crippen molar-refractivity contribution in [3.05, 3.63) is 68.7 Å². The lowest BCUT2D eigenvalue weighted by Crippen LogP contribution is -2.06. The SMILES string of the molecule is N#CCC(=O)c1ccc(Br)cc1.NNc1cccc([N+](=O)[O-])c1. The number of ketones is 1. The minimum Gasteiger partial charge on any atom is -0.324 e. The second-order valence-corrected chi connectivity index (χ2v) is 5.13. The highest BCUT2D eigenvalue weighted by Gasteiger charge is 2.04. The van der Waals surface area contributed by atoms with Crippen molar-refractivity contribution in [2.75, 3.05) is 5.43 Å². The molecule has 0 amide bonds. The van der Waals surface area contributed by atoms with E-state index < -0.39 is 4.92 Å². The highest BCUT2D eigenvalue weighted by Crippen LogP contribution is 2.15. The Hall–Kier alpha value is -2.76. The van der Waals surface area contributed by atoms with Gasteiger partial charge >= 0.3 is 0 Å². The molecule has 0 heterocycles. The molecule has 0 atom stereocenters. The molecule has 0 saturated carbocycles. The molecular weight excluding hydrogens is 364 g/mol. The Labute approximate surface area is 141 Å². The molecule has 0 radical (unpaired) electrons. The summed E-state index contributed by atoms with van der Waals surface area (Å²) in [5.74, 6) is 4.91. The van der Waals surface area contributed by atoms with Crippen molar-refractivity contribution in [3.63, 3.8) is 0 Å². The average Bonchev–Trinajstić information content (AvgIpc) is 2.56. The maximum absolute atomic E-state index is 11.1. The highest BCUT2D eigenvalue weighted by molar-refractivity contribution is 9.10. The van der Waals surface area contributed by atoms with Crippen LogP contribution < -0.4 is 11.3 Å². The van der Waals surface area contributed by atoms with Crippen molar-refractivity contribution in [2.45, 2.75) is 6.42 Å². The smallest absolute Gasteiger partial charge is 0.271 e. The number of hydrazine groups is 1. The molecule has 0 spiro atoms. The van der Waals surface area contributed by atoms with Crippen LogP contribution >= 0.6 is 15.9 Å². The van der Waals surface area contributed by atoms with Crippen molar-refractivity contribution in [1.82, 2.24) is 0 Å². The Morgan fingerprint density at radius 1 is 1.30 bits per heavy atom. The van der Waals surface area contributed by atoms with Crippen molar-refractivity contribution in [1.29, 1.82) is 5.26 Å². The molecule has 7 nitrogen and oxygen atoms in total. The summed E-state index contributed by atoms with van der Waals surface area (Å²) in [4.78, 5) is 20.9. The normalized spacial score (nSPS) is 9.09. The largest absolute Gasteiger partial charge is 0.324 e. The summed E-state index contributed by atoms with van der Waals surface area (Å²) in [6, 6.07) is 14.8. The Balaban J connectivity index is 0.000000231. The van der Waals surface area contributed by atoms with Crippen LogP contribution in [-0.2, 0) is 0 Å². The highest BCUT2D eigenvalue weighted by atomic mass is 79.9. The van der Waals surface area contributed by atoms with E-state index in [-0.39, 0.29) is 17.9 Å². The van der Waals surface area contributed by atoms with Crippen LogP contribution in [0, 0.1) is 21.4 Å². The van der Waals surface area contributed by atoms with Gasteiger partial charge in [-0.15, -0.1) is 0 Å². The van der Waals surface area contributed by atoms with E-state index in [1.165, 1.54) is 12.1 Å². The molecule has 8 heteroatoms. The van der Waals surface area contributed by atoms with Crippen LogP contribution in [0.1, 0.15) is 16.8 Å². The predicted octanol–water partition coefficient (Wildman–Crippen LogP) is 3.43. The van der Waals surface area contributed by atoms with Gasteiger partial charge in [-0.2, -0.15) is 5.26 Å². The number of carbonyl (C=O) groups is 1. The van der Waals surface area contributed by atoms with Gasteiger partial charge in [-0.05, 0) is 18.2 Å². The number of nitrogen functional groups attached to an aromatic ring is 1. The van der Waals surface area contributed by atoms with Crippen LogP contribution in [0.4, 0.5) is 11.4 Å². The summed E-state index contributed by atoms with van der Waals surface area (Å²) in [5.41, 5.74) is 3.46. The number of benzene rings is 2. The first kappa shape index (κ1) is 18.3. The molecule has 23 heavy (non-hydrogen) atoms. The maximum atomic E-state index is 11.1. The summed E-state index contributed by atoms with van der Waals surface area (Å²) >= 11 is 3.26. The monoisotopic (exact) mass is 376 g/mol. The van der Waals surface area contributed by atoms with Crippen LogP contribution in [0.15, 0.2) is 53.0 Å². The van der Waals surface area contributed by atoms with Gasteiger partial charge in [0.25, 0.3) is 5.69 Å². The first-order chi connectivity index (χ1) is 11.0. The Kier molecular flexibility index (Phi) is 7.39. The van der Waals surface area contributed by atoms with Crippen molar-refractivity contribution >= 4 is 33.1 Å². The zero-order valence-corrected chi connectivity index (χ0v) is 13.5. The molecule has 0 aliphatic carbocycles. The number of hydrogen-bond donors (Lipinski definition) is 2. The van der Waals surface area contributed by atoms with E-state index >= 15 is 0 Å². The minimum absolute atomic E-state index is 0.0282. The molecule has 2 aromatic rings. The maximum Gasteiger partial charge on any atom is 0.271 e. The van der Waals surface area contributed by atoms with Gasteiger partial charge in [-0.25, -0.2) is 0 Å². The third-order valence-corrected chi connectivity index (χ3v) is 3.16. The molecule has 0 unspecified atom stereocenters. The first-order valence-corrected chi connectivity index (χ1v) is 7.14. The van der Waals surface area contributed by atoms with Crippen LogP contribution in [0.3, 0.4) is 0 Å². The van der Waals surface area contributed by atoms with Crippen LogP contribution in [-0.4, -0.2) is 10.7 Å². The molecule has 0 aliphatic rings. The first-order valence-electron chi connectivity index (χ1n) is 6.34. The molecule has 2 rings (SSSR count). The zero-order valence-electron chi connectivity index (χ0n) is 11.9. The summed E-state index contributed by atoms with van der Waals surface area (Å²) in [5, 5.41) is 18.5. The van der Waals surface area contributed by atoms with Gasteiger partial charge in [-0.1, -0.05) is 34.1 Å². The van der Waals surface area contributed by atoms with Crippen LogP contribution in [0.2, 0.25) is 0 Å². The average molecular weight is 377 g/mol. The summed E-state index contributed by atoms with van der Waals surface area (Å²) < 4.78 is 0.927. The number of halogens is 1. The number of rotatable bonds is 4. The summed E-state index contributed by atoms with van der Waals surface area (Å²) in [6.07, 6.45) is -0.0539. The number of non-ortho nitro benzene ring substituents is 1. The second kappa shape index (κ2) is 9.30. The predicted molar refractivity (Wildman–Crippen MR) is 89.6 cm³/mol. The van der Waals surface area contributed by atoms with E-state index in [1.54, 1.807) is 36.4 Å². The fourth-order valence-electron chi connectivity index (χ4n) is 1.52. The number of nitriles is 1. The number of Topliss-reactive ketones (excluding diaryl/α,β-unsaturated/α-hetero) is 1. The topological polar surface area (TPSA) is 122 Å². The quantitative estimate of drug-likeness (QED) is 0.364. The molecule has 118 valence electrons.